The SMILES string of the molecule is CCC[C@@H]1CC(C(=O)N[C@H](C#N)CCC(C)/C=C\CC[C@@H](C=O)NC(=O)OC(C)(C)C)N(C)C1. The van der Waals surface area contributed by atoms with Crippen molar-refractivity contribution in [1.82, 2.24) is 15.5 Å². The van der Waals surface area contributed by atoms with Crippen LogP contribution in [0.15, 0.2) is 12.2 Å². The minimum Gasteiger partial charge on any atom is -0.444 e. The van der Waals surface area contributed by atoms with Crippen molar-refractivity contribution in [3.8, 4) is 6.07 Å². The highest BCUT2D eigenvalue weighted by atomic mass is 16.6. The van der Waals surface area contributed by atoms with Crippen LogP contribution in [-0.4, -0.2) is 60.5 Å². The molecule has 0 aliphatic carbocycles. The van der Waals surface area contributed by atoms with Gasteiger partial charge in [0, 0.05) is 6.54 Å². The van der Waals surface area contributed by atoms with E-state index in [2.05, 4.69) is 35.5 Å². The zero-order chi connectivity index (χ0) is 25.7. The summed E-state index contributed by atoms with van der Waals surface area (Å²) in [5.74, 6) is 0.729. The van der Waals surface area contributed by atoms with E-state index < -0.39 is 23.8 Å². The molecule has 1 fully saturated rings. The van der Waals surface area contributed by atoms with Crippen LogP contribution in [0.1, 0.15) is 79.6 Å². The van der Waals surface area contributed by atoms with Gasteiger partial charge in [0.25, 0.3) is 0 Å². The van der Waals surface area contributed by atoms with Gasteiger partial charge in [-0.2, -0.15) is 5.26 Å². The second kappa shape index (κ2) is 14.8. The summed E-state index contributed by atoms with van der Waals surface area (Å²) in [5.41, 5.74) is -0.613. The first kappa shape index (κ1) is 29.6. The average molecular weight is 477 g/mol. The third-order valence-corrected chi connectivity index (χ3v) is 5.99. The standard InChI is InChI=1S/C26H44N4O4/c1-7-10-20-15-23(30(6)17-20)24(32)28-21(16-27)14-13-19(2)11-8-9-12-22(18-31)29-25(33)34-26(3,4)5/h8,11,18-23H,7,9-10,12-15,17H2,1-6H3,(H,28,32)(H,29,33)/b11-8-/t19?,20-,21+,22+,23?/m1/s1. The van der Waals surface area contributed by atoms with Crippen LogP contribution in [0, 0.1) is 23.2 Å². The molecular formula is C26H44N4O4. The Bertz CT molecular complexity index is 725. The Kier molecular flexibility index (Phi) is 12.9. The summed E-state index contributed by atoms with van der Waals surface area (Å²) in [4.78, 5) is 37.8. The molecule has 0 saturated carbocycles. The molecule has 0 spiro atoms. The maximum absolute atomic E-state index is 12.7. The molecule has 8 heteroatoms. The van der Waals surface area contributed by atoms with Crippen molar-refractivity contribution in [2.45, 2.75) is 103 Å². The third-order valence-electron chi connectivity index (χ3n) is 5.99. The van der Waals surface area contributed by atoms with Gasteiger partial charge in [-0.1, -0.05) is 32.4 Å². The Labute approximate surface area is 205 Å². The number of nitrogens with zero attached hydrogens (tertiary/aromatic N) is 2. The smallest absolute Gasteiger partial charge is 0.408 e. The molecule has 1 aliphatic heterocycles. The maximum Gasteiger partial charge on any atom is 0.408 e. The molecule has 5 atom stereocenters. The number of carbonyl (C=O) groups excluding carboxylic acids is 3. The second-order valence-electron chi connectivity index (χ2n) is 10.5. The highest BCUT2D eigenvalue weighted by Crippen LogP contribution is 2.25. The van der Waals surface area contributed by atoms with Crippen molar-refractivity contribution in [2.24, 2.45) is 11.8 Å². The van der Waals surface area contributed by atoms with E-state index in [9.17, 15) is 19.6 Å². The van der Waals surface area contributed by atoms with Gasteiger partial charge in [0.05, 0.1) is 18.2 Å². The molecule has 2 unspecified atom stereocenters. The van der Waals surface area contributed by atoms with Crippen molar-refractivity contribution in [2.75, 3.05) is 13.6 Å². The predicted octanol–water partition coefficient (Wildman–Crippen LogP) is 3.96. The molecule has 34 heavy (non-hydrogen) atoms. The lowest BCUT2D eigenvalue weighted by Gasteiger charge is -2.21. The summed E-state index contributed by atoms with van der Waals surface area (Å²) in [6.45, 7) is 10.5. The molecule has 2 amide bonds. The van der Waals surface area contributed by atoms with Crippen LogP contribution in [0.25, 0.3) is 0 Å². The minimum absolute atomic E-state index is 0.0479. The van der Waals surface area contributed by atoms with E-state index >= 15 is 0 Å². The molecule has 1 saturated heterocycles. The van der Waals surface area contributed by atoms with Crippen LogP contribution >= 0.6 is 0 Å². The van der Waals surface area contributed by atoms with Gasteiger partial charge in [-0.15, -0.1) is 0 Å². The van der Waals surface area contributed by atoms with E-state index in [4.69, 9.17) is 4.74 Å². The number of alkyl carbamates (subject to hydrolysis) is 1. The molecular weight excluding hydrogens is 432 g/mol. The summed E-state index contributed by atoms with van der Waals surface area (Å²) in [6, 6.07) is 0.974. The van der Waals surface area contributed by atoms with Crippen molar-refractivity contribution in [3.05, 3.63) is 12.2 Å². The number of rotatable bonds is 13. The van der Waals surface area contributed by atoms with Gasteiger partial charge in [-0.25, -0.2) is 4.79 Å². The molecule has 0 aromatic heterocycles. The lowest BCUT2D eigenvalue weighted by atomic mass is 9.99. The van der Waals surface area contributed by atoms with Gasteiger partial charge in [-0.05, 0) is 78.2 Å². The van der Waals surface area contributed by atoms with Crippen LogP contribution in [0.3, 0.4) is 0 Å². The van der Waals surface area contributed by atoms with Crippen LogP contribution < -0.4 is 10.6 Å². The van der Waals surface area contributed by atoms with Gasteiger partial charge in [0.15, 0.2) is 0 Å². The van der Waals surface area contributed by atoms with Crippen molar-refractivity contribution in [1.29, 1.82) is 5.26 Å². The zero-order valence-corrected chi connectivity index (χ0v) is 21.8. The zero-order valence-electron chi connectivity index (χ0n) is 21.8. The molecule has 1 rings (SSSR count). The Morgan fingerprint density at radius 3 is 2.53 bits per heavy atom. The molecule has 0 radical (unpaired) electrons. The minimum atomic E-state index is -0.613. The van der Waals surface area contributed by atoms with Crippen molar-refractivity contribution >= 4 is 18.3 Å². The third kappa shape index (κ3) is 11.6. The number of allylic oxidation sites excluding steroid dienone is 2. The fourth-order valence-electron chi connectivity index (χ4n) is 4.23. The fourth-order valence-corrected chi connectivity index (χ4v) is 4.23. The Hall–Kier alpha value is -2.40. The van der Waals surface area contributed by atoms with Gasteiger partial charge in [0.2, 0.25) is 5.91 Å². The number of likely N-dealkylation sites (N-methyl/N-ethyl adjacent to an activating group) is 1. The van der Waals surface area contributed by atoms with E-state index in [1.54, 1.807) is 20.8 Å². The summed E-state index contributed by atoms with van der Waals surface area (Å²) in [7, 11) is 1.98. The number of ether oxygens (including phenoxy) is 1. The molecule has 8 nitrogen and oxygen atoms in total. The number of hydrogen-bond donors (Lipinski definition) is 2. The molecule has 2 N–H and O–H groups in total. The van der Waals surface area contributed by atoms with E-state index in [-0.39, 0.29) is 17.9 Å². The van der Waals surface area contributed by atoms with Gasteiger partial charge in [0.1, 0.15) is 17.9 Å². The monoisotopic (exact) mass is 476 g/mol. The first-order valence-electron chi connectivity index (χ1n) is 12.5. The molecule has 192 valence electrons. The van der Waals surface area contributed by atoms with E-state index in [0.717, 1.165) is 32.2 Å². The molecule has 0 bridgehead atoms. The quantitative estimate of drug-likeness (QED) is 0.307. The maximum atomic E-state index is 12.7. The van der Waals surface area contributed by atoms with Crippen molar-refractivity contribution in [3.63, 3.8) is 0 Å². The average Bonchev–Trinajstić information content (AvgIpc) is 3.12. The van der Waals surface area contributed by atoms with E-state index in [0.29, 0.717) is 31.5 Å². The summed E-state index contributed by atoms with van der Waals surface area (Å²) in [5, 5.41) is 15.0. The lowest BCUT2D eigenvalue weighted by Crippen LogP contribution is -2.45. The normalized spacial score (nSPS) is 21.4. The summed E-state index contributed by atoms with van der Waals surface area (Å²) < 4.78 is 5.18. The van der Waals surface area contributed by atoms with Crippen molar-refractivity contribution < 1.29 is 19.1 Å². The van der Waals surface area contributed by atoms with Crippen LogP contribution in [0.5, 0.6) is 0 Å². The summed E-state index contributed by atoms with van der Waals surface area (Å²) >= 11 is 0. The number of nitriles is 1. The van der Waals surface area contributed by atoms with Crippen LogP contribution in [0.4, 0.5) is 4.79 Å². The first-order valence-corrected chi connectivity index (χ1v) is 12.5. The molecule has 1 heterocycles. The van der Waals surface area contributed by atoms with Gasteiger partial charge in [-0.3, -0.25) is 9.69 Å². The van der Waals surface area contributed by atoms with E-state index in [1.165, 1.54) is 0 Å². The second-order valence-corrected chi connectivity index (χ2v) is 10.5. The predicted molar refractivity (Wildman–Crippen MR) is 133 cm³/mol. The highest BCUT2D eigenvalue weighted by Gasteiger charge is 2.34. The largest absolute Gasteiger partial charge is 0.444 e. The molecule has 0 aromatic rings. The Balaban J connectivity index is 2.37. The molecule has 0 aromatic carbocycles. The van der Waals surface area contributed by atoms with Gasteiger partial charge >= 0.3 is 6.09 Å². The number of likely N-dealkylation sites (tertiary alicyclic amines) is 1. The van der Waals surface area contributed by atoms with Crippen LogP contribution in [-0.2, 0) is 14.3 Å². The Morgan fingerprint density at radius 2 is 1.94 bits per heavy atom. The highest BCUT2D eigenvalue weighted by molar-refractivity contribution is 5.82. The van der Waals surface area contributed by atoms with Gasteiger partial charge < -0.3 is 20.2 Å². The number of nitrogens with one attached hydrogen (secondary N) is 2. The number of aldehydes is 1. The fraction of sp³-hybridized carbons (Fsp3) is 0.769. The van der Waals surface area contributed by atoms with Crippen LogP contribution in [0.2, 0.25) is 0 Å². The topological polar surface area (TPSA) is 112 Å². The Morgan fingerprint density at radius 1 is 1.24 bits per heavy atom. The van der Waals surface area contributed by atoms with E-state index in [1.807, 2.05) is 19.2 Å². The lowest BCUT2D eigenvalue weighted by molar-refractivity contribution is -0.125. The molecule has 1 aliphatic rings. The number of amides is 2. The number of hydrogen-bond acceptors (Lipinski definition) is 6. The summed E-state index contributed by atoms with van der Waals surface area (Å²) in [6.07, 6.45) is 9.72. The first-order chi connectivity index (χ1) is 16.0. The number of carbonyl (C=O) groups is 3.